The highest BCUT2D eigenvalue weighted by molar-refractivity contribution is 5.98. The summed E-state index contributed by atoms with van der Waals surface area (Å²) < 4.78 is 5.35. The van der Waals surface area contributed by atoms with Gasteiger partial charge >= 0.3 is 0 Å². The summed E-state index contributed by atoms with van der Waals surface area (Å²) >= 11 is 0. The zero-order valence-corrected chi connectivity index (χ0v) is 13.7. The Labute approximate surface area is 142 Å². The van der Waals surface area contributed by atoms with Crippen molar-refractivity contribution in [3.8, 4) is 11.1 Å². The molecule has 1 aliphatic heterocycles. The Morgan fingerprint density at radius 2 is 2.08 bits per heavy atom. The zero-order chi connectivity index (χ0) is 16.8. The molecule has 0 atom stereocenters. The van der Waals surface area contributed by atoms with Gasteiger partial charge in [-0.1, -0.05) is 24.3 Å². The summed E-state index contributed by atoms with van der Waals surface area (Å²) in [6.45, 7) is 2.70. The van der Waals surface area contributed by atoms with Crippen LogP contribution >= 0.6 is 0 Å². The molecule has 24 heavy (non-hydrogen) atoms. The molecule has 1 fully saturated rings. The van der Waals surface area contributed by atoms with Gasteiger partial charge in [0.2, 0.25) is 0 Å². The van der Waals surface area contributed by atoms with Crippen LogP contribution < -0.4 is 11.1 Å². The van der Waals surface area contributed by atoms with E-state index in [1.165, 1.54) is 0 Å². The summed E-state index contributed by atoms with van der Waals surface area (Å²) in [6, 6.07) is 11.7. The fraction of sp³-hybridized carbons (Fsp3) is 0.368. The lowest BCUT2D eigenvalue weighted by atomic mass is 9.99. The first kappa shape index (κ1) is 16.6. The molecular formula is C19H23N3O2. The third kappa shape index (κ3) is 3.99. The first-order valence-corrected chi connectivity index (χ1v) is 8.38. The van der Waals surface area contributed by atoms with Crippen LogP contribution in [0.25, 0.3) is 11.1 Å². The van der Waals surface area contributed by atoms with E-state index in [4.69, 9.17) is 10.5 Å². The van der Waals surface area contributed by atoms with Gasteiger partial charge in [0, 0.05) is 38.1 Å². The molecule has 2 heterocycles. The second-order valence-electron chi connectivity index (χ2n) is 6.07. The van der Waals surface area contributed by atoms with Crippen LogP contribution in [-0.2, 0) is 11.3 Å². The maximum absolute atomic E-state index is 12.6. The highest BCUT2D eigenvalue weighted by Gasteiger charge is 2.18. The van der Waals surface area contributed by atoms with Crippen molar-refractivity contribution in [3.63, 3.8) is 0 Å². The molecule has 5 nitrogen and oxygen atoms in total. The molecule has 0 unspecified atom stereocenters. The quantitative estimate of drug-likeness (QED) is 0.885. The first-order chi connectivity index (χ1) is 11.8. The number of carbonyl (C=O) groups excluding carboxylic acids is 1. The Balaban J connectivity index is 1.76. The Hall–Kier alpha value is -2.24. The first-order valence-electron chi connectivity index (χ1n) is 8.38. The lowest BCUT2D eigenvalue weighted by Gasteiger charge is -2.22. The van der Waals surface area contributed by atoms with Gasteiger partial charge in [-0.2, -0.15) is 0 Å². The Morgan fingerprint density at radius 3 is 2.88 bits per heavy atom. The van der Waals surface area contributed by atoms with Gasteiger partial charge in [-0.15, -0.1) is 0 Å². The Kier molecular flexibility index (Phi) is 5.56. The second kappa shape index (κ2) is 8.04. The number of amides is 1. The van der Waals surface area contributed by atoms with Gasteiger partial charge in [-0.05, 0) is 42.0 Å². The molecule has 1 aromatic carbocycles. The van der Waals surface area contributed by atoms with E-state index < -0.39 is 0 Å². The lowest BCUT2D eigenvalue weighted by molar-refractivity contribution is 0.0642. The lowest BCUT2D eigenvalue weighted by Crippen LogP contribution is -2.32. The van der Waals surface area contributed by atoms with Crippen molar-refractivity contribution >= 4 is 5.91 Å². The summed E-state index contributed by atoms with van der Waals surface area (Å²) in [6.07, 6.45) is 3.64. The van der Waals surface area contributed by atoms with E-state index >= 15 is 0 Å². The molecule has 5 heteroatoms. The highest BCUT2D eigenvalue weighted by Crippen LogP contribution is 2.23. The van der Waals surface area contributed by atoms with Crippen LogP contribution in [0.3, 0.4) is 0 Å². The molecule has 3 rings (SSSR count). The van der Waals surface area contributed by atoms with Gasteiger partial charge < -0.3 is 15.8 Å². The van der Waals surface area contributed by atoms with E-state index in [1.54, 1.807) is 6.20 Å². The summed E-state index contributed by atoms with van der Waals surface area (Å²) in [4.78, 5) is 16.9. The van der Waals surface area contributed by atoms with Crippen LogP contribution in [-0.4, -0.2) is 30.6 Å². The SMILES string of the molecule is NCc1cccc(-c2cccnc2C(=O)NCC2CCOCC2)c1. The topological polar surface area (TPSA) is 77.2 Å². The molecule has 2 aromatic rings. The molecule has 1 aliphatic rings. The van der Waals surface area contributed by atoms with Crippen molar-refractivity contribution < 1.29 is 9.53 Å². The molecule has 0 saturated carbocycles. The third-order valence-corrected chi connectivity index (χ3v) is 4.39. The summed E-state index contributed by atoms with van der Waals surface area (Å²) in [5.41, 5.74) is 9.00. The second-order valence-corrected chi connectivity index (χ2v) is 6.07. The van der Waals surface area contributed by atoms with Crippen LogP contribution in [0.5, 0.6) is 0 Å². The van der Waals surface area contributed by atoms with Crippen molar-refractivity contribution in [2.75, 3.05) is 19.8 Å². The van der Waals surface area contributed by atoms with Crippen molar-refractivity contribution in [1.29, 1.82) is 0 Å². The molecule has 3 N–H and O–H groups in total. The van der Waals surface area contributed by atoms with E-state index in [1.807, 2.05) is 36.4 Å². The molecule has 1 saturated heterocycles. The minimum Gasteiger partial charge on any atom is -0.381 e. The predicted octanol–water partition coefficient (Wildman–Crippen LogP) is 2.36. The molecule has 0 radical (unpaired) electrons. The van der Waals surface area contributed by atoms with Crippen molar-refractivity contribution in [3.05, 3.63) is 53.9 Å². The van der Waals surface area contributed by atoms with Crippen LogP contribution in [0.2, 0.25) is 0 Å². The van der Waals surface area contributed by atoms with Gasteiger partial charge in [0.1, 0.15) is 5.69 Å². The number of nitrogens with two attached hydrogens (primary N) is 1. The molecular weight excluding hydrogens is 302 g/mol. The van der Waals surface area contributed by atoms with E-state index in [0.717, 1.165) is 42.7 Å². The molecule has 1 aromatic heterocycles. The maximum Gasteiger partial charge on any atom is 0.270 e. The fourth-order valence-corrected chi connectivity index (χ4v) is 2.96. The standard InChI is InChI=1S/C19H23N3O2/c20-12-15-3-1-4-16(11-15)17-5-2-8-21-18(17)19(23)22-13-14-6-9-24-10-7-14/h1-5,8,11,14H,6-7,9-10,12-13,20H2,(H,22,23). The minimum atomic E-state index is -0.129. The number of benzene rings is 1. The van der Waals surface area contributed by atoms with E-state index in [-0.39, 0.29) is 5.91 Å². The summed E-state index contributed by atoms with van der Waals surface area (Å²) in [7, 11) is 0. The fourth-order valence-electron chi connectivity index (χ4n) is 2.96. The number of hydrogen-bond donors (Lipinski definition) is 2. The average Bonchev–Trinajstić information content (AvgIpc) is 2.67. The number of carbonyl (C=O) groups is 1. The number of pyridine rings is 1. The van der Waals surface area contributed by atoms with Crippen molar-refractivity contribution in [2.45, 2.75) is 19.4 Å². The largest absolute Gasteiger partial charge is 0.381 e. The van der Waals surface area contributed by atoms with Gasteiger partial charge in [-0.3, -0.25) is 9.78 Å². The van der Waals surface area contributed by atoms with Crippen LogP contribution in [0.1, 0.15) is 28.9 Å². The predicted molar refractivity (Wildman–Crippen MR) is 93.4 cm³/mol. The minimum absolute atomic E-state index is 0.129. The van der Waals surface area contributed by atoms with Gasteiger partial charge in [-0.25, -0.2) is 0 Å². The van der Waals surface area contributed by atoms with Crippen molar-refractivity contribution in [1.82, 2.24) is 10.3 Å². The van der Waals surface area contributed by atoms with E-state index in [0.29, 0.717) is 24.7 Å². The summed E-state index contributed by atoms with van der Waals surface area (Å²) in [5, 5.41) is 3.03. The van der Waals surface area contributed by atoms with E-state index in [2.05, 4.69) is 10.3 Å². The number of nitrogens with zero attached hydrogens (tertiary/aromatic N) is 1. The molecule has 0 bridgehead atoms. The monoisotopic (exact) mass is 325 g/mol. The maximum atomic E-state index is 12.6. The van der Waals surface area contributed by atoms with Crippen LogP contribution in [0.15, 0.2) is 42.6 Å². The zero-order valence-electron chi connectivity index (χ0n) is 13.7. The molecule has 1 amide bonds. The highest BCUT2D eigenvalue weighted by atomic mass is 16.5. The number of ether oxygens (including phenoxy) is 1. The number of nitrogens with one attached hydrogen (secondary N) is 1. The van der Waals surface area contributed by atoms with Gasteiger partial charge in [0.25, 0.3) is 5.91 Å². The Bertz CT molecular complexity index is 697. The number of aromatic nitrogens is 1. The molecule has 126 valence electrons. The van der Waals surface area contributed by atoms with Crippen LogP contribution in [0.4, 0.5) is 0 Å². The van der Waals surface area contributed by atoms with Gasteiger partial charge in [0.05, 0.1) is 0 Å². The third-order valence-electron chi connectivity index (χ3n) is 4.39. The number of hydrogen-bond acceptors (Lipinski definition) is 4. The molecule has 0 aliphatic carbocycles. The average molecular weight is 325 g/mol. The van der Waals surface area contributed by atoms with Crippen molar-refractivity contribution in [2.24, 2.45) is 11.7 Å². The van der Waals surface area contributed by atoms with Crippen LogP contribution in [0, 0.1) is 5.92 Å². The smallest absolute Gasteiger partial charge is 0.270 e. The number of rotatable bonds is 5. The molecule has 0 spiro atoms. The van der Waals surface area contributed by atoms with E-state index in [9.17, 15) is 4.79 Å². The Morgan fingerprint density at radius 1 is 1.25 bits per heavy atom. The van der Waals surface area contributed by atoms with Gasteiger partial charge in [0.15, 0.2) is 0 Å². The summed E-state index contributed by atoms with van der Waals surface area (Å²) in [5.74, 6) is 0.352. The normalized spacial score (nSPS) is 15.2.